The lowest BCUT2D eigenvalue weighted by molar-refractivity contribution is -0.119. The Hall–Kier alpha value is -0.220. The summed E-state index contributed by atoms with van der Waals surface area (Å²) in [5.41, 5.74) is 4.98. The number of rotatable bonds is 3. The Bertz CT molecular complexity index is 76.4. The van der Waals surface area contributed by atoms with Crippen LogP contribution in [-0.2, 0) is 4.79 Å². The average molecular weight is 134 g/mol. The Kier molecular flexibility index (Phi) is 4.79. The van der Waals surface area contributed by atoms with E-state index >= 15 is 0 Å². The van der Waals surface area contributed by atoms with Crippen LogP contribution in [0.4, 0.5) is 0 Å². The van der Waals surface area contributed by atoms with Crippen molar-refractivity contribution in [2.45, 2.75) is 0 Å². The second-order valence-electron chi connectivity index (χ2n) is 1.28. The van der Waals surface area contributed by atoms with Gasteiger partial charge in [-0.2, -0.15) is 12.6 Å². The van der Waals surface area contributed by atoms with Crippen LogP contribution in [0.25, 0.3) is 0 Å². The smallest absolute Gasteiger partial charge is 0.233 e. The number of nitrogens with one attached hydrogen (secondary N) is 1. The molecule has 48 valence electrons. The second kappa shape index (κ2) is 4.93. The molecule has 0 spiro atoms. The molecular weight excluding hydrogens is 124 g/mol. The summed E-state index contributed by atoms with van der Waals surface area (Å²) in [6, 6.07) is 0. The van der Waals surface area contributed by atoms with Crippen molar-refractivity contribution in [2.75, 3.05) is 18.8 Å². The molecule has 8 heavy (non-hydrogen) atoms. The lowest BCUT2D eigenvalue weighted by atomic mass is 10.6. The summed E-state index contributed by atoms with van der Waals surface area (Å²) in [7, 11) is 0. The quantitative estimate of drug-likeness (QED) is 0.433. The molecule has 3 nitrogen and oxygen atoms in total. The minimum Gasteiger partial charge on any atom is -0.354 e. The predicted octanol–water partition coefficient (Wildman–Crippen LogP) is -1.01. The largest absolute Gasteiger partial charge is 0.354 e. The maximum atomic E-state index is 10.3. The third-order valence-corrected chi connectivity index (χ3v) is 0.843. The van der Waals surface area contributed by atoms with Gasteiger partial charge in [0.15, 0.2) is 0 Å². The van der Waals surface area contributed by atoms with Gasteiger partial charge in [-0.1, -0.05) is 0 Å². The predicted molar refractivity (Wildman–Crippen MR) is 35.9 cm³/mol. The monoisotopic (exact) mass is 134 g/mol. The first kappa shape index (κ1) is 7.78. The Morgan fingerprint density at radius 1 is 1.75 bits per heavy atom. The average Bonchev–Trinajstić information content (AvgIpc) is 1.83. The molecule has 3 N–H and O–H groups in total. The van der Waals surface area contributed by atoms with E-state index in [2.05, 4.69) is 17.9 Å². The Morgan fingerprint density at radius 2 is 2.38 bits per heavy atom. The van der Waals surface area contributed by atoms with Gasteiger partial charge >= 0.3 is 0 Å². The maximum absolute atomic E-state index is 10.3. The van der Waals surface area contributed by atoms with E-state index in [4.69, 9.17) is 5.73 Å². The highest BCUT2D eigenvalue weighted by Gasteiger charge is 1.91. The van der Waals surface area contributed by atoms with E-state index in [-0.39, 0.29) is 12.5 Å². The van der Waals surface area contributed by atoms with Gasteiger partial charge < -0.3 is 11.1 Å². The summed E-state index contributed by atoms with van der Waals surface area (Å²) >= 11 is 3.88. The van der Waals surface area contributed by atoms with Gasteiger partial charge in [-0.25, -0.2) is 0 Å². The van der Waals surface area contributed by atoms with Crippen LogP contribution < -0.4 is 11.1 Å². The van der Waals surface area contributed by atoms with Crippen molar-refractivity contribution in [3.05, 3.63) is 0 Å². The molecule has 0 aliphatic rings. The minimum absolute atomic E-state index is 0.0633. The molecule has 0 aliphatic heterocycles. The number of carbonyl (C=O) groups is 1. The molecule has 0 bridgehead atoms. The highest BCUT2D eigenvalue weighted by Crippen LogP contribution is 1.67. The van der Waals surface area contributed by atoms with Crippen molar-refractivity contribution in [1.82, 2.24) is 5.32 Å². The van der Waals surface area contributed by atoms with Crippen molar-refractivity contribution >= 4 is 18.5 Å². The molecule has 0 saturated heterocycles. The van der Waals surface area contributed by atoms with E-state index in [0.717, 1.165) is 0 Å². The van der Waals surface area contributed by atoms with Gasteiger partial charge in [0.1, 0.15) is 0 Å². The van der Waals surface area contributed by atoms with Gasteiger partial charge in [-0.15, -0.1) is 0 Å². The van der Waals surface area contributed by atoms with Crippen LogP contribution in [0.2, 0.25) is 0 Å². The number of amides is 1. The van der Waals surface area contributed by atoms with Crippen LogP contribution in [-0.4, -0.2) is 24.7 Å². The summed E-state index contributed by atoms with van der Waals surface area (Å²) in [6.07, 6.45) is 0. The molecule has 0 aliphatic carbocycles. The molecular formula is C4H10N2OS. The third kappa shape index (κ3) is 3.95. The Balaban J connectivity index is 2.99. The summed E-state index contributed by atoms with van der Waals surface area (Å²) in [5.74, 6) is 0.533. The molecule has 4 heteroatoms. The minimum atomic E-state index is -0.126. The normalized spacial score (nSPS) is 8.75. The van der Waals surface area contributed by atoms with Crippen LogP contribution in [0, 0.1) is 0 Å². The van der Waals surface area contributed by atoms with E-state index in [9.17, 15) is 4.79 Å². The number of hydrogen-bond acceptors (Lipinski definition) is 3. The first-order valence-corrected chi connectivity index (χ1v) is 3.02. The SMILES string of the molecule is NCC(=O)NCCS. The Morgan fingerprint density at radius 3 is 2.75 bits per heavy atom. The summed E-state index contributed by atoms with van der Waals surface area (Å²) in [5, 5.41) is 2.54. The summed E-state index contributed by atoms with van der Waals surface area (Å²) in [6.45, 7) is 0.660. The molecule has 0 aromatic rings. The lowest BCUT2D eigenvalue weighted by Crippen LogP contribution is -2.31. The zero-order valence-electron chi connectivity index (χ0n) is 4.55. The topological polar surface area (TPSA) is 55.1 Å². The first-order chi connectivity index (χ1) is 3.81. The molecule has 0 unspecified atom stereocenters. The standard InChI is InChI=1S/C4H10N2OS/c5-3-4(7)6-1-2-8/h8H,1-3,5H2,(H,6,7). The van der Waals surface area contributed by atoms with Gasteiger partial charge in [0.25, 0.3) is 0 Å². The highest BCUT2D eigenvalue weighted by molar-refractivity contribution is 7.80. The lowest BCUT2D eigenvalue weighted by Gasteiger charge is -1.96. The molecule has 0 radical (unpaired) electrons. The van der Waals surface area contributed by atoms with Gasteiger partial charge in [0, 0.05) is 12.3 Å². The van der Waals surface area contributed by atoms with Crippen molar-refractivity contribution in [3.63, 3.8) is 0 Å². The molecule has 0 fully saturated rings. The van der Waals surface area contributed by atoms with Crippen LogP contribution in [0.5, 0.6) is 0 Å². The van der Waals surface area contributed by atoms with Crippen LogP contribution in [0.15, 0.2) is 0 Å². The van der Waals surface area contributed by atoms with E-state index in [0.29, 0.717) is 12.3 Å². The number of carbonyl (C=O) groups excluding carboxylic acids is 1. The van der Waals surface area contributed by atoms with Gasteiger partial charge in [-0.3, -0.25) is 4.79 Å². The van der Waals surface area contributed by atoms with E-state index in [1.54, 1.807) is 0 Å². The van der Waals surface area contributed by atoms with Gasteiger partial charge in [-0.05, 0) is 0 Å². The fourth-order valence-electron chi connectivity index (χ4n) is 0.267. The number of thiol groups is 1. The number of hydrogen-bond donors (Lipinski definition) is 3. The van der Waals surface area contributed by atoms with Gasteiger partial charge in [0.2, 0.25) is 5.91 Å². The third-order valence-electron chi connectivity index (χ3n) is 0.619. The maximum Gasteiger partial charge on any atom is 0.233 e. The zero-order chi connectivity index (χ0) is 6.41. The zero-order valence-corrected chi connectivity index (χ0v) is 5.45. The van der Waals surface area contributed by atoms with Crippen LogP contribution in [0.1, 0.15) is 0 Å². The van der Waals surface area contributed by atoms with E-state index in [1.807, 2.05) is 0 Å². The number of nitrogens with two attached hydrogens (primary N) is 1. The molecule has 0 aromatic heterocycles. The highest BCUT2D eigenvalue weighted by atomic mass is 32.1. The van der Waals surface area contributed by atoms with Crippen LogP contribution >= 0.6 is 12.6 Å². The fourth-order valence-corrected chi connectivity index (χ4v) is 0.379. The Labute approximate surface area is 54.0 Å². The molecule has 0 atom stereocenters. The van der Waals surface area contributed by atoms with Crippen molar-refractivity contribution in [2.24, 2.45) is 5.73 Å². The van der Waals surface area contributed by atoms with Crippen molar-refractivity contribution in [1.29, 1.82) is 0 Å². The van der Waals surface area contributed by atoms with Crippen molar-refractivity contribution < 1.29 is 4.79 Å². The van der Waals surface area contributed by atoms with Crippen LogP contribution in [0.3, 0.4) is 0 Å². The molecule has 0 aromatic carbocycles. The van der Waals surface area contributed by atoms with E-state index in [1.165, 1.54) is 0 Å². The first-order valence-electron chi connectivity index (χ1n) is 2.39. The molecule has 1 amide bonds. The second-order valence-corrected chi connectivity index (χ2v) is 1.72. The molecule has 0 rings (SSSR count). The summed E-state index contributed by atoms with van der Waals surface area (Å²) in [4.78, 5) is 10.3. The van der Waals surface area contributed by atoms with Crippen molar-refractivity contribution in [3.8, 4) is 0 Å². The summed E-state index contributed by atoms with van der Waals surface area (Å²) < 4.78 is 0. The van der Waals surface area contributed by atoms with Gasteiger partial charge in [0.05, 0.1) is 6.54 Å². The van der Waals surface area contributed by atoms with E-state index < -0.39 is 0 Å². The molecule has 0 saturated carbocycles. The molecule has 0 heterocycles. The fraction of sp³-hybridized carbons (Fsp3) is 0.750.